The molecule has 0 fully saturated rings. The first-order chi connectivity index (χ1) is 12.7. The minimum atomic E-state index is -0.0962. The van der Waals surface area contributed by atoms with E-state index in [0.717, 1.165) is 26.5 Å². The standard InChI is InChI=1S/C19H15N3O2S2/c1-12-22-16-7-4-14(10-17(16)26-12)18(23)21-11-13-2-5-15(6-3-13)24-19-20-8-9-25-19/h2-10H,11H2,1H3,(H,21,23). The van der Waals surface area contributed by atoms with Crippen LogP contribution in [0.2, 0.25) is 0 Å². The third kappa shape index (κ3) is 3.74. The topological polar surface area (TPSA) is 64.1 Å². The van der Waals surface area contributed by atoms with E-state index in [1.165, 1.54) is 11.3 Å². The molecule has 0 atom stereocenters. The Bertz CT molecular complexity index is 1040. The highest BCUT2D eigenvalue weighted by atomic mass is 32.1. The van der Waals surface area contributed by atoms with E-state index in [-0.39, 0.29) is 5.91 Å². The maximum absolute atomic E-state index is 12.4. The second-order valence-electron chi connectivity index (χ2n) is 5.64. The van der Waals surface area contributed by atoms with Crippen molar-refractivity contribution in [2.24, 2.45) is 0 Å². The van der Waals surface area contributed by atoms with Gasteiger partial charge in [-0.15, -0.1) is 11.3 Å². The molecule has 1 N–H and O–H groups in total. The van der Waals surface area contributed by atoms with Crippen molar-refractivity contribution >= 4 is 38.8 Å². The molecule has 4 rings (SSSR count). The summed E-state index contributed by atoms with van der Waals surface area (Å²) in [5.41, 5.74) is 2.57. The summed E-state index contributed by atoms with van der Waals surface area (Å²) in [5.74, 6) is 0.627. The molecule has 0 radical (unpaired) electrons. The second-order valence-corrected chi connectivity index (χ2v) is 7.73. The first-order valence-electron chi connectivity index (χ1n) is 7.99. The van der Waals surface area contributed by atoms with Crippen LogP contribution in [0, 0.1) is 6.92 Å². The fourth-order valence-corrected chi connectivity index (χ4v) is 3.87. The average molecular weight is 381 g/mol. The number of aryl methyl sites for hydroxylation is 1. The number of hydrogen-bond donors (Lipinski definition) is 1. The van der Waals surface area contributed by atoms with Crippen LogP contribution in [0.25, 0.3) is 10.2 Å². The van der Waals surface area contributed by atoms with Gasteiger partial charge < -0.3 is 10.1 Å². The summed E-state index contributed by atoms with van der Waals surface area (Å²) >= 11 is 3.03. The number of aromatic nitrogens is 2. The third-order valence-corrected chi connectivity index (χ3v) is 5.33. The fourth-order valence-electron chi connectivity index (χ4n) is 2.50. The first-order valence-corrected chi connectivity index (χ1v) is 9.69. The predicted molar refractivity (Wildman–Crippen MR) is 104 cm³/mol. The van der Waals surface area contributed by atoms with Crippen LogP contribution < -0.4 is 10.1 Å². The van der Waals surface area contributed by atoms with E-state index in [1.54, 1.807) is 17.5 Å². The molecule has 0 spiro atoms. The van der Waals surface area contributed by atoms with Crippen molar-refractivity contribution in [3.05, 3.63) is 70.2 Å². The lowest BCUT2D eigenvalue weighted by Gasteiger charge is -2.07. The minimum Gasteiger partial charge on any atom is -0.431 e. The number of carbonyl (C=O) groups excluding carboxylic acids is 1. The zero-order valence-electron chi connectivity index (χ0n) is 13.9. The molecule has 0 aliphatic rings. The zero-order chi connectivity index (χ0) is 17.9. The third-order valence-electron chi connectivity index (χ3n) is 3.75. The molecular weight excluding hydrogens is 366 g/mol. The Morgan fingerprint density at radius 1 is 1.19 bits per heavy atom. The van der Waals surface area contributed by atoms with Gasteiger partial charge in [-0.3, -0.25) is 4.79 Å². The van der Waals surface area contributed by atoms with Crippen LogP contribution in [0.5, 0.6) is 10.9 Å². The van der Waals surface area contributed by atoms with Crippen molar-refractivity contribution in [1.29, 1.82) is 0 Å². The van der Waals surface area contributed by atoms with Crippen LogP contribution in [0.15, 0.2) is 54.0 Å². The zero-order valence-corrected chi connectivity index (χ0v) is 15.6. The Kier molecular flexibility index (Phi) is 4.64. The van der Waals surface area contributed by atoms with Gasteiger partial charge in [-0.2, -0.15) is 0 Å². The van der Waals surface area contributed by atoms with Crippen LogP contribution in [0.4, 0.5) is 0 Å². The number of amides is 1. The molecule has 1 amide bonds. The van der Waals surface area contributed by atoms with Gasteiger partial charge in [-0.05, 0) is 42.8 Å². The molecule has 130 valence electrons. The van der Waals surface area contributed by atoms with Gasteiger partial charge in [-0.25, -0.2) is 9.97 Å². The molecule has 7 heteroatoms. The molecule has 2 heterocycles. The number of nitrogens with zero attached hydrogens (tertiary/aromatic N) is 2. The number of carbonyl (C=O) groups is 1. The summed E-state index contributed by atoms with van der Waals surface area (Å²) < 4.78 is 6.65. The predicted octanol–water partition coefficient (Wildman–Crippen LogP) is 4.78. The van der Waals surface area contributed by atoms with Crippen LogP contribution >= 0.6 is 22.7 Å². The highest BCUT2D eigenvalue weighted by Crippen LogP contribution is 2.24. The van der Waals surface area contributed by atoms with Crippen molar-refractivity contribution < 1.29 is 9.53 Å². The van der Waals surface area contributed by atoms with Crippen LogP contribution in [-0.2, 0) is 6.54 Å². The average Bonchev–Trinajstić information content (AvgIpc) is 3.28. The Morgan fingerprint density at radius 2 is 2.04 bits per heavy atom. The summed E-state index contributed by atoms with van der Waals surface area (Å²) in [6, 6.07) is 13.2. The fraction of sp³-hybridized carbons (Fsp3) is 0.105. The van der Waals surface area contributed by atoms with Crippen molar-refractivity contribution in [2.45, 2.75) is 13.5 Å². The molecule has 4 aromatic rings. The Balaban J connectivity index is 1.38. The van der Waals surface area contributed by atoms with Gasteiger partial charge in [0.15, 0.2) is 0 Å². The first kappa shape index (κ1) is 16.7. The lowest BCUT2D eigenvalue weighted by molar-refractivity contribution is 0.0951. The minimum absolute atomic E-state index is 0.0962. The van der Waals surface area contributed by atoms with E-state index >= 15 is 0 Å². The maximum Gasteiger partial charge on any atom is 0.278 e. The SMILES string of the molecule is Cc1nc2ccc(C(=O)NCc3ccc(Oc4nccs4)cc3)cc2s1. The molecule has 0 saturated carbocycles. The maximum atomic E-state index is 12.4. The van der Waals surface area contributed by atoms with Crippen LogP contribution in [-0.4, -0.2) is 15.9 Å². The van der Waals surface area contributed by atoms with E-state index in [4.69, 9.17) is 4.74 Å². The smallest absolute Gasteiger partial charge is 0.278 e. The highest BCUT2D eigenvalue weighted by molar-refractivity contribution is 7.18. The molecule has 0 unspecified atom stereocenters. The van der Waals surface area contributed by atoms with E-state index in [0.29, 0.717) is 17.3 Å². The summed E-state index contributed by atoms with van der Waals surface area (Å²) in [4.78, 5) is 20.9. The van der Waals surface area contributed by atoms with Crippen molar-refractivity contribution in [3.8, 4) is 10.9 Å². The Labute approximate surface area is 158 Å². The molecule has 26 heavy (non-hydrogen) atoms. The molecule has 2 aromatic heterocycles. The van der Waals surface area contributed by atoms with Gasteiger partial charge in [-0.1, -0.05) is 23.5 Å². The van der Waals surface area contributed by atoms with Gasteiger partial charge in [0.2, 0.25) is 0 Å². The normalized spacial score (nSPS) is 10.8. The second kappa shape index (κ2) is 7.23. The molecule has 2 aromatic carbocycles. The van der Waals surface area contributed by atoms with E-state index < -0.39 is 0 Å². The Morgan fingerprint density at radius 3 is 2.81 bits per heavy atom. The largest absolute Gasteiger partial charge is 0.431 e. The Hall–Kier alpha value is -2.77. The van der Waals surface area contributed by atoms with E-state index in [1.807, 2.05) is 54.8 Å². The molecule has 0 saturated heterocycles. The van der Waals surface area contributed by atoms with Crippen molar-refractivity contribution in [3.63, 3.8) is 0 Å². The highest BCUT2D eigenvalue weighted by Gasteiger charge is 2.08. The summed E-state index contributed by atoms with van der Waals surface area (Å²) in [6.07, 6.45) is 1.70. The van der Waals surface area contributed by atoms with Crippen molar-refractivity contribution in [1.82, 2.24) is 15.3 Å². The summed E-state index contributed by atoms with van der Waals surface area (Å²) in [5, 5.41) is 6.42. The van der Waals surface area contributed by atoms with Gasteiger partial charge in [0.05, 0.1) is 15.2 Å². The molecular formula is C19H15N3O2S2. The summed E-state index contributed by atoms with van der Waals surface area (Å²) in [6.45, 7) is 2.42. The number of ether oxygens (including phenoxy) is 1. The van der Waals surface area contributed by atoms with Gasteiger partial charge in [0.1, 0.15) is 5.75 Å². The molecule has 5 nitrogen and oxygen atoms in total. The van der Waals surface area contributed by atoms with E-state index in [2.05, 4.69) is 15.3 Å². The van der Waals surface area contributed by atoms with Gasteiger partial charge in [0, 0.05) is 23.7 Å². The molecule has 0 aliphatic carbocycles. The number of fused-ring (bicyclic) bond motifs is 1. The number of rotatable bonds is 5. The van der Waals surface area contributed by atoms with Crippen molar-refractivity contribution in [2.75, 3.05) is 0 Å². The molecule has 0 aliphatic heterocycles. The van der Waals surface area contributed by atoms with E-state index in [9.17, 15) is 4.79 Å². The van der Waals surface area contributed by atoms with Gasteiger partial charge >= 0.3 is 0 Å². The van der Waals surface area contributed by atoms with Crippen LogP contribution in [0.1, 0.15) is 20.9 Å². The molecule has 0 bridgehead atoms. The number of thiazole rings is 2. The number of hydrogen-bond acceptors (Lipinski definition) is 6. The van der Waals surface area contributed by atoms with Gasteiger partial charge in [0.25, 0.3) is 11.1 Å². The number of benzene rings is 2. The lowest BCUT2D eigenvalue weighted by atomic mass is 10.2. The monoisotopic (exact) mass is 381 g/mol. The number of nitrogens with one attached hydrogen (secondary N) is 1. The van der Waals surface area contributed by atoms with Crippen LogP contribution in [0.3, 0.4) is 0 Å². The summed E-state index contributed by atoms with van der Waals surface area (Å²) in [7, 11) is 0. The lowest BCUT2D eigenvalue weighted by Crippen LogP contribution is -2.22. The quantitative estimate of drug-likeness (QED) is 0.540.